The highest BCUT2D eigenvalue weighted by Gasteiger charge is 2.19. The summed E-state index contributed by atoms with van der Waals surface area (Å²) in [7, 11) is 0. The predicted molar refractivity (Wildman–Crippen MR) is 74.9 cm³/mol. The second-order valence-corrected chi connectivity index (χ2v) is 5.08. The van der Waals surface area contributed by atoms with Gasteiger partial charge in [0.05, 0.1) is 16.4 Å². The molecule has 19 heavy (non-hydrogen) atoms. The zero-order valence-electron chi connectivity index (χ0n) is 10.8. The summed E-state index contributed by atoms with van der Waals surface area (Å²) >= 11 is 5.70. The van der Waals surface area contributed by atoms with Crippen LogP contribution < -0.4 is 10.6 Å². The lowest BCUT2D eigenvalue weighted by atomic mass is 10.2. The van der Waals surface area contributed by atoms with Crippen LogP contribution in [0.4, 0.5) is 15.8 Å². The van der Waals surface area contributed by atoms with Crippen molar-refractivity contribution >= 4 is 28.9 Å². The number of anilines is 2. The van der Waals surface area contributed by atoms with Crippen molar-refractivity contribution in [2.45, 2.75) is 13.3 Å². The SMILES string of the molecule is CC(=O)N1CCCN(c2cc(F)c(Cl)cc2N)CC1. The standard InChI is InChI=1S/C13H17ClFN3O/c1-9(19)17-3-2-4-18(6-5-17)13-8-11(15)10(14)7-12(13)16/h7-8H,2-6,16H2,1H3. The van der Waals surface area contributed by atoms with Gasteiger partial charge < -0.3 is 15.5 Å². The fraction of sp³-hybridized carbons (Fsp3) is 0.462. The summed E-state index contributed by atoms with van der Waals surface area (Å²) in [6, 6.07) is 2.79. The molecule has 4 nitrogen and oxygen atoms in total. The van der Waals surface area contributed by atoms with Crippen molar-refractivity contribution in [2.24, 2.45) is 0 Å². The van der Waals surface area contributed by atoms with Crippen LogP contribution in [0.1, 0.15) is 13.3 Å². The number of benzene rings is 1. The van der Waals surface area contributed by atoms with E-state index < -0.39 is 5.82 Å². The van der Waals surface area contributed by atoms with Gasteiger partial charge in [0.2, 0.25) is 5.91 Å². The number of halogens is 2. The highest BCUT2D eigenvalue weighted by molar-refractivity contribution is 6.31. The molecule has 6 heteroatoms. The Hall–Kier alpha value is -1.49. The molecule has 1 aromatic rings. The monoisotopic (exact) mass is 285 g/mol. The molecule has 0 saturated carbocycles. The van der Waals surface area contributed by atoms with Gasteiger partial charge in [-0.05, 0) is 12.5 Å². The molecular weight excluding hydrogens is 269 g/mol. The van der Waals surface area contributed by atoms with Gasteiger partial charge in [0, 0.05) is 39.2 Å². The number of nitrogens with zero attached hydrogens (tertiary/aromatic N) is 2. The Balaban J connectivity index is 2.18. The van der Waals surface area contributed by atoms with Gasteiger partial charge in [0.1, 0.15) is 5.82 Å². The van der Waals surface area contributed by atoms with Gasteiger partial charge in [-0.25, -0.2) is 4.39 Å². The molecule has 0 radical (unpaired) electrons. The average molecular weight is 286 g/mol. The van der Waals surface area contributed by atoms with Crippen LogP contribution >= 0.6 is 11.6 Å². The molecule has 1 aliphatic heterocycles. The number of hydrogen-bond acceptors (Lipinski definition) is 3. The molecule has 0 aromatic heterocycles. The first-order valence-corrected chi connectivity index (χ1v) is 6.62. The zero-order chi connectivity index (χ0) is 14.0. The Labute approximate surface area is 116 Å². The zero-order valence-corrected chi connectivity index (χ0v) is 11.6. The summed E-state index contributed by atoms with van der Waals surface area (Å²) in [6.07, 6.45) is 0.837. The lowest BCUT2D eigenvalue weighted by Gasteiger charge is -2.25. The van der Waals surface area contributed by atoms with Crippen LogP contribution in [0.15, 0.2) is 12.1 Å². The second kappa shape index (κ2) is 5.65. The Kier molecular flexibility index (Phi) is 4.14. The molecular formula is C13H17ClFN3O. The van der Waals surface area contributed by atoms with Crippen molar-refractivity contribution in [3.63, 3.8) is 0 Å². The van der Waals surface area contributed by atoms with E-state index in [9.17, 15) is 9.18 Å². The van der Waals surface area contributed by atoms with E-state index in [1.54, 1.807) is 11.8 Å². The number of hydrogen-bond donors (Lipinski definition) is 1. The molecule has 0 atom stereocenters. The van der Waals surface area contributed by atoms with E-state index in [1.807, 2.05) is 4.90 Å². The minimum Gasteiger partial charge on any atom is -0.397 e. The lowest BCUT2D eigenvalue weighted by Crippen LogP contribution is -2.33. The topological polar surface area (TPSA) is 49.6 Å². The molecule has 1 heterocycles. The maximum atomic E-state index is 13.5. The normalized spacial score (nSPS) is 16.4. The van der Waals surface area contributed by atoms with Crippen molar-refractivity contribution in [2.75, 3.05) is 36.8 Å². The minimum absolute atomic E-state index is 0.0291. The smallest absolute Gasteiger partial charge is 0.219 e. The van der Waals surface area contributed by atoms with Gasteiger partial charge in [0.25, 0.3) is 0 Å². The van der Waals surface area contributed by atoms with Gasteiger partial charge in [-0.1, -0.05) is 11.6 Å². The molecule has 2 rings (SSSR count). The highest BCUT2D eigenvalue weighted by atomic mass is 35.5. The molecule has 1 fully saturated rings. The quantitative estimate of drug-likeness (QED) is 0.804. The van der Waals surface area contributed by atoms with Crippen LogP contribution in [0.2, 0.25) is 5.02 Å². The Bertz CT molecular complexity index is 495. The average Bonchev–Trinajstić information content (AvgIpc) is 2.59. The molecule has 104 valence electrons. The molecule has 0 spiro atoms. The van der Waals surface area contributed by atoms with E-state index in [0.717, 1.165) is 19.5 Å². The number of nitrogens with two attached hydrogens (primary N) is 1. The van der Waals surface area contributed by atoms with Crippen molar-refractivity contribution in [3.05, 3.63) is 23.0 Å². The van der Waals surface area contributed by atoms with Crippen LogP contribution in [0.3, 0.4) is 0 Å². The summed E-state index contributed by atoms with van der Waals surface area (Å²) in [5, 5.41) is 0.0291. The first-order chi connectivity index (χ1) is 8.99. The van der Waals surface area contributed by atoms with Crippen molar-refractivity contribution in [3.8, 4) is 0 Å². The van der Waals surface area contributed by atoms with Crippen LogP contribution in [-0.2, 0) is 4.79 Å². The van der Waals surface area contributed by atoms with Gasteiger partial charge >= 0.3 is 0 Å². The molecule has 0 bridgehead atoms. The molecule has 2 N–H and O–H groups in total. The third-order valence-corrected chi connectivity index (χ3v) is 3.64. The molecule has 1 aliphatic rings. The van der Waals surface area contributed by atoms with Crippen LogP contribution in [0, 0.1) is 5.82 Å². The third-order valence-electron chi connectivity index (χ3n) is 3.35. The number of rotatable bonds is 1. The molecule has 1 saturated heterocycles. The molecule has 1 aromatic carbocycles. The van der Waals surface area contributed by atoms with E-state index in [1.165, 1.54) is 12.1 Å². The molecule has 0 unspecified atom stereocenters. The lowest BCUT2D eigenvalue weighted by molar-refractivity contribution is -0.128. The van der Waals surface area contributed by atoms with Crippen LogP contribution in [-0.4, -0.2) is 37.0 Å². The van der Waals surface area contributed by atoms with Crippen molar-refractivity contribution in [1.82, 2.24) is 4.90 Å². The molecule has 0 aliphatic carbocycles. The van der Waals surface area contributed by atoms with E-state index in [4.69, 9.17) is 17.3 Å². The summed E-state index contributed by atoms with van der Waals surface area (Å²) in [5.74, 6) is -0.407. The maximum absolute atomic E-state index is 13.5. The second-order valence-electron chi connectivity index (χ2n) is 4.67. The number of amides is 1. The first-order valence-electron chi connectivity index (χ1n) is 6.24. The van der Waals surface area contributed by atoms with Gasteiger partial charge in [0.15, 0.2) is 0 Å². The number of carbonyl (C=O) groups excluding carboxylic acids is 1. The van der Waals surface area contributed by atoms with Gasteiger partial charge in [-0.15, -0.1) is 0 Å². The number of nitrogen functional groups attached to an aromatic ring is 1. The van der Waals surface area contributed by atoms with Gasteiger partial charge in [-0.2, -0.15) is 0 Å². The van der Waals surface area contributed by atoms with E-state index in [-0.39, 0.29) is 10.9 Å². The fourth-order valence-corrected chi connectivity index (χ4v) is 2.47. The minimum atomic E-state index is -0.474. The summed E-state index contributed by atoms with van der Waals surface area (Å²) in [4.78, 5) is 15.2. The summed E-state index contributed by atoms with van der Waals surface area (Å²) in [5.41, 5.74) is 7.00. The highest BCUT2D eigenvalue weighted by Crippen LogP contribution is 2.29. The van der Waals surface area contributed by atoms with Crippen LogP contribution in [0.5, 0.6) is 0 Å². The maximum Gasteiger partial charge on any atom is 0.219 e. The Morgan fingerprint density at radius 3 is 2.74 bits per heavy atom. The molecule has 1 amide bonds. The van der Waals surface area contributed by atoms with E-state index >= 15 is 0 Å². The van der Waals surface area contributed by atoms with Crippen LogP contribution in [0.25, 0.3) is 0 Å². The van der Waals surface area contributed by atoms with E-state index in [2.05, 4.69) is 0 Å². The fourth-order valence-electron chi connectivity index (χ4n) is 2.30. The van der Waals surface area contributed by atoms with Gasteiger partial charge in [-0.3, -0.25) is 4.79 Å². The Morgan fingerprint density at radius 2 is 2.05 bits per heavy atom. The van der Waals surface area contributed by atoms with Crippen molar-refractivity contribution < 1.29 is 9.18 Å². The van der Waals surface area contributed by atoms with E-state index in [0.29, 0.717) is 24.5 Å². The largest absolute Gasteiger partial charge is 0.397 e. The predicted octanol–water partition coefficient (Wildman–Crippen LogP) is 2.12. The number of carbonyl (C=O) groups is 1. The summed E-state index contributed by atoms with van der Waals surface area (Å²) in [6.45, 7) is 4.30. The summed E-state index contributed by atoms with van der Waals surface area (Å²) < 4.78 is 13.5. The van der Waals surface area contributed by atoms with Crippen molar-refractivity contribution in [1.29, 1.82) is 0 Å². The first kappa shape index (κ1) is 13.9. The third kappa shape index (κ3) is 3.10. The Morgan fingerprint density at radius 1 is 1.32 bits per heavy atom.